The lowest BCUT2D eigenvalue weighted by molar-refractivity contribution is 0.100. The summed E-state index contributed by atoms with van der Waals surface area (Å²) in [6.07, 6.45) is 0.982. The van der Waals surface area contributed by atoms with Crippen LogP contribution in [0.25, 0.3) is 0 Å². The normalized spacial score (nSPS) is 12.4. The van der Waals surface area contributed by atoms with Gasteiger partial charge in [0.05, 0.1) is 5.56 Å². The van der Waals surface area contributed by atoms with Gasteiger partial charge in [-0.3, -0.25) is 4.79 Å². The lowest BCUT2D eigenvalue weighted by Gasteiger charge is -2.19. The lowest BCUT2D eigenvalue weighted by Crippen LogP contribution is -2.24. The van der Waals surface area contributed by atoms with Crippen molar-refractivity contribution in [1.82, 2.24) is 4.90 Å². The van der Waals surface area contributed by atoms with Crippen LogP contribution in [0.2, 0.25) is 0 Å². The minimum absolute atomic E-state index is 0.258. The number of rotatable bonds is 6. The Balaban J connectivity index is 2.74. The molecule has 5 heteroatoms. The van der Waals surface area contributed by atoms with Gasteiger partial charge < -0.3 is 21.7 Å². The highest BCUT2D eigenvalue weighted by Gasteiger charge is 2.11. The summed E-state index contributed by atoms with van der Waals surface area (Å²) in [6, 6.07) is 5.41. The first-order chi connectivity index (χ1) is 8.40. The molecular formula is C13H22N4O. The molecule has 1 aromatic carbocycles. The van der Waals surface area contributed by atoms with Crippen LogP contribution in [-0.4, -0.2) is 37.5 Å². The van der Waals surface area contributed by atoms with Gasteiger partial charge in [-0.1, -0.05) is 0 Å². The number of carbonyl (C=O) groups is 1. The molecule has 1 aromatic rings. The fraction of sp³-hybridized carbons (Fsp3) is 0.462. The summed E-state index contributed by atoms with van der Waals surface area (Å²) in [4.78, 5) is 13.5. The lowest BCUT2D eigenvalue weighted by atomic mass is 10.1. The smallest absolute Gasteiger partial charge is 0.250 e. The molecule has 1 amide bonds. The fourth-order valence-electron chi connectivity index (χ4n) is 1.68. The zero-order chi connectivity index (χ0) is 13.7. The number of nitrogens with two attached hydrogens (primary N) is 2. The highest BCUT2D eigenvalue weighted by atomic mass is 16.1. The Morgan fingerprint density at radius 2 is 2.11 bits per heavy atom. The summed E-state index contributed by atoms with van der Waals surface area (Å²) >= 11 is 0. The standard InChI is InChI=1S/C13H22N4O/c1-9(6-7-17(2)3)16-12-5-4-10(14)8-11(12)13(15)18/h4-5,8-9,16H,6-7,14H2,1-3H3,(H2,15,18). The van der Waals surface area contributed by atoms with E-state index in [0.717, 1.165) is 18.7 Å². The molecule has 0 saturated heterocycles. The Labute approximate surface area is 108 Å². The van der Waals surface area contributed by atoms with Crippen molar-refractivity contribution in [3.63, 3.8) is 0 Å². The van der Waals surface area contributed by atoms with E-state index in [1.54, 1.807) is 18.2 Å². The third-order valence-corrected chi connectivity index (χ3v) is 2.72. The number of hydrogen-bond acceptors (Lipinski definition) is 4. The second-order valence-electron chi connectivity index (χ2n) is 4.81. The van der Waals surface area contributed by atoms with Gasteiger partial charge in [-0.15, -0.1) is 0 Å². The quantitative estimate of drug-likeness (QED) is 0.661. The van der Waals surface area contributed by atoms with Crippen LogP contribution in [0.3, 0.4) is 0 Å². The molecule has 0 aromatic heterocycles. The second kappa shape index (κ2) is 6.26. The molecular weight excluding hydrogens is 228 g/mol. The number of nitrogen functional groups attached to an aromatic ring is 1. The fourth-order valence-corrected chi connectivity index (χ4v) is 1.68. The zero-order valence-electron chi connectivity index (χ0n) is 11.2. The predicted octanol–water partition coefficient (Wildman–Crippen LogP) is 1.12. The van der Waals surface area contributed by atoms with Crippen molar-refractivity contribution in [3.8, 4) is 0 Å². The van der Waals surface area contributed by atoms with E-state index in [9.17, 15) is 4.79 Å². The molecule has 1 atom stereocenters. The van der Waals surface area contributed by atoms with Crippen molar-refractivity contribution in [2.75, 3.05) is 31.7 Å². The third-order valence-electron chi connectivity index (χ3n) is 2.72. The van der Waals surface area contributed by atoms with E-state index < -0.39 is 5.91 Å². The Hall–Kier alpha value is -1.75. The molecule has 5 nitrogen and oxygen atoms in total. The minimum Gasteiger partial charge on any atom is -0.399 e. The van der Waals surface area contributed by atoms with Crippen molar-refractivity contribution in [3.05, 3.63) is 23.8 Å². The van der Waals surface area contributed by atoms with Crippen LogP contribution in [-0.2, 0) is 0 Å². The van der Waals surface area contributed by atoms with Crippen molar-refractivity contribution in [1.29, 1.82) is 0 Å². The van der Waals surface area contributed by atoms with Crippen LogP contribution >= 0.6 is 0 Å². The minimum atomic E-state index is -0.468. The topological polar surface area (TPSA) is 84.4 Å². The summed E-state index contributed by atoms with van der Waals surface area (Å²) in [6.45, 7) is 3.06. The van der Waals surface area contributed by atoms with Gasteiger partial charge in [-0.2, -0.15) is 0 Å². The SMILES string of the molecule is CC(CCN(C)C)Nc1ccc(N)cc1C(N)=O. The first-order valence-corrected chi connectivity index (χ1v) is 6.00. The number of primary amides is 1. The molecule has 0 spiro atoms. The zero-order valence-corrected chi connectivity index (χ0v) is 11.2. The van der Waals surface area contributed by atoms with Crippen LogP contribution < -0.4 is 16.8 Å². The number of anilines is 2. The van der Waals surface area contributed by atoms with Gasteiger partial charge in [-0.25, -0.2) is 0 Å². The van der Waals surface area contributed by atoms with E-state index in [0.29, 0.717) is 11.3 Å². The Bertz CT molecular complexity index is 417. The maximum atomic E-state index is 11.3. The highest BCUT2D eigenvalue weighted by molar-refractivity contribution is 5.99. The van der Waals surface area contributed by atoms with E-state index in [4.69, 9.17) is 11.5 Å². The molecule has 0 radical (unpaired) electrons. The Morgan fingerprint density at radius 3 is 2.67 bits per heavy atom. The third kappa shape index (κ3) is 4.25. The Morgan fingerprint density at radius 1 is 1.44 bits per heavy atom. The van der Waals surface area contributed by atoms with Crippen molar-refractivity contribution in [2.24, 2.45) is 5.73 Å². The molecule has 1 rings (SSSR count). The van der Waals surface area contributed by atoms with Gasteiger partial charge in [0.1, 0.15) is 0 Å². The van der Waals surface area contributed by atoms with E-state index in [-0.39, 0.29) is 6.04 Å². The number of hydrogen-bond donors (Lipinski definition) is 3. The van der Waals surface area contributed by atoms with Crippen molar-refractivity contribution in [2.45, 2.75) is 19.4 Å². The Kier molecular flexibility index (Phi) is 4.97. The molecule has 100 valence electrons. The second-order valence-corrected chi connectivity index (χ2v) is 4.81. The van der Waals surface area contributed by atoms with Crippen molar-refractivity contribution >= 4 is 17.3 Å². The maximum absolute atomic E-state index is 11.3. The van der Waals surface area contributed by atoms with Gasteiger partial charge in [0.25, 0.3) is 5.91 Å². The molecule has 1 unspecified atom stereocenters. The van der Waals surface area contributed by atoms with Crippen molar-refractivity contribution < 1.29 is 4.79 Å². The molecule has 0 bridgehead atoms. The summed E-state index contributed by atoms with van der Waals surface area (Å²) in [7, 11) is 4.07. The monoisotopic (exact) mass is 250 g/mol. The van der Waals surface area contributed by atoms with E-state index in [2.05, 4.69) is 17.1 Å². The van der Waals surface area contributed by atoms with Crippen LogP contribution in [0.4, 0.5) is 11.4 Å². The van der Waals surface area contributed by atoms with E-state index in [1.807, 2.05) is 14.1 Å². The summed E-state index contributed by atoms with van der Waals surface area (Å²) in [5.74, 6) is -0.468. The van der Waals surface area contributed by atoms with Crippen LogP contribution in [0, 0.1) is 0 Å². The molecule has 18 heavy (non-hydrogen) atoms. The van der Waals surface area contributed by atoms with E-state index in [1.165, 1.54) is 0 Å². The van der Waals surface area contributed by atoms with Gasteiger partial charge in [0.15, 0.2) is 0 Å². The molecule has 0 aliphatic heterocycles. The van der Waals surface area contributed by atoms with Gasteiger partial charge >= 0.3 is 0 Å². The number of carbonyl (C=O) groups excluding carboxylic acids is 1. The summed E-state index contributed by atoms with van der Waals surface area (Å²) < 4.78 is 0. The van der Waals surface area contributed by atoms with Gasteiger partial charge in [0.2, 0.25) is 0 Å². The summed E-state index contributed by atoms with van der Waals surface area (Å²) in [5, 5.41) is 3.29. The first-order valence-electron chi connectivity index (χ1n) is 6.00. The van der Waals surface area contributed by atoms with Gasteiger partial charge in [0, 0.05) is 17.4 Å². The van der Waals surface area contributed by atoms with Gasteiger partial charge in [-0.05, 0) is 52.2 Å². The van der Waals surface area contributed by atoms with Crippen LogP contribution in [0.15, 0.2) is 18.2 Å². The molecule has 5 N–H and O–H groups in total. The van der Waals surface area contributed by atoms with Crippen LogP contribution in [0.5, 0.6) is 0 Å². The average Bonchev–Trinajstić information content (AvgIpc) is 2.28. The molecule has 0 aliphatic rings. The number of amides is 1. The number of benzene rings is 1. The van der Waals surface area contributed by atoms with Crippen LogP contribution in [0.1, 0.15) is 23.7 Å². The molecule has 0 saturated carbocycles. The average molecular weight is 250 g/mol. The van der Waals surface area contributed by atoms with E-state index >= 15 is 0 Å². The first kappa shape index (κ1) is 14.3. The maximum Gasteiger partial charge on any atom is 0.250 e. The molecule has 0 heterocycles. The number of nitrogens with one attached hydrogen (secondary N) is 1. The number of nitrogens with zero attached hydrogens (tertiary/aromatic N) is 1. The largest absolute Gasteiger partial charge is 0.399 e. The predicted molar refractivity (Wildman–Crippen MR) is 75.6 cm³/mol. The summed E-state index contributed by atoms with van der Waals surface area (Å²) in [5.41, 5.74) is 12.7. The highest BCUT2D eigenvalue weighted by Crippen LogP contribution is 2.19. The molecule has 0 fully saturated rings. The molecule has 0 aliphatic carbocycles.